The van der Waals surface area contributed by atoms with Crippen LogP contribution in [0.4, 0.5) is 29.8 Å². The average Bonchev–Trinajstić information content (AvgIpc) is 1.69. The molecule has 0 saturated heterocycles. The molecule has 0 radical (unpaired) electrons. The van der Waals surface area contributed by atoms with Crippen molar-refractivity contribution in [1.29, 1.82) is 0 Å². The van der Waals surface area contributed by atoms with Gasteiger partial charge in [0.1, 0.15) is 85.6 Å². The molecule has 144 heavy (non-hydrogen) atoms. The highest BCUT2D eigenvalue weighted by molar-refractivity contribution is 7.86. The molecule has 1 unspecified atom stereocenters. The number of nitrogens with one attached hydrogen (secondary N) is 10. The van der Waals surface area contributed by atoms with Gasteiger partial charge in [-0.1, -0.05) is 34.0 Å². The minimum absolute atomic E-state index is 0. The van der Waals surface area contributed by atoms with Gasteiger partial charge >= 0.3 is 18.3 Å². The van der Waals surface area contributed by atoms with Gasteiger partial charge in [0, 0.05) is 156 Å². The van der Waals surface area contributed by atoms with E-state index in [1.54, 1.807) is 142 Å². The van der Waals surface area contributed by atoms with Crippen LogP contribution in [0.1, 0.15) is 207 Å². The van der Waals surface area contributed by atoms with Crippen molar-refractivity contribution in [2.75, 3.05) is 50.4 Å². The Morgan fingerprint density at radius 2 is 0.528 bits per heavy atom. The van der Waals surface area contributed by atoms with Crippen molar-refractivity contribution in [3.05, 3.63) is 169 Å². The van der Waals surface area contributed by atoms with Crippen LogP contribution < -0.4 is 83.6 Å². The summed E-state index contributed by atoms with van der Waals surface area (Å²) in [5.74, 6) is 3.74. The van der Waals surface area contributed by atoms with E-state index in [4.69, 9.17) is 54.6 Å². The van der Waals surface area contributed by atoms with Gasteiger partial charge in [0.05, 0.1) is 51.7 Å². The van der Waals surface area contributed by atoms with Crippen molar-refractivity contribution < 1.29 is 70.9 Å². The van der Waals surface area contributed by atoms with Gasteiger partial charge in [-0.3, -0.25) is 43.3 Å². The lowest BCUT2D eigenvalue weighted by atomic mass is 9.91. The van der Waals surface area contributed by atoms with Gasteiger partial charge in [0.15, 0.2) is 19.7 Å². The van der Waals surface area contributed by atoms with E-state index >= 15 is 0 Å². The normalized spacial score (nSPS) is 17.3. The minimum atomic E-state index is -1.10. The lowest BCUT2D eigenvalue weighted by Gasteiger charge is -2.30. The Morgan fingerprint density at radius 1 is 0.312 bits per heavy atom. The topological polar surface area (TPSA) is 477 Å². The third-order valence-electron chi connectivity index (χ3n) is 21.5. The number of alkyl carbamates (subject to hydrolysis) is 3. The maximum absolute atomic E-state index is 12.0. The van der Waals surface area contributed by atoms with Crippen LogP contribution in [0.25, 0.3) is 40.9 Å². The second kappa shape index (κ2) is 59.9. The first kappa shape index (κ1) is 126. The Balaban J connectivity index is 0.000000378. The Morgan fingerprint density at radius 3 is 0.764 bits per heavy atom. The first-order chi connectivity index (χ1) is 64.9. The molecule has 12 aromatic rings. The number of thiazole rings is 4. The molecular formula is C96H136N20O15S13. The van der Waals surface area contributed by atoms with Crippen LogP contribution in [0.5, 0.6) is 46.0 Å². The first-order valence-corrected chi connectivity index (χ1v) is 49.9. The van der Waals surface area contributed by atoms with Crippen molar-refractivity contribution in [1.82, 2.24) is 77.1 Å². The zero-order valence-corrected chi connectivity index (χ0v) is 94.8. The number of rotatable bonds is 22. The van der Waals surface area contributed by atoms with E-state index in [1.165, 1.54) is 17.5 Å². The molecule has 8 aromatic heterocycles. The van der Waals surface area contributed by atoms with Gasteiger partial charge in [0.2, 0.25) is 0 Å². The van der Waals surface area contributed by atoms with E-state index in [-0.39, 0.29) is 174 Å². The fourth-order valence-corrected chi connectivity index (χ4v) is 19.5. The maximum atomic E-state index is 12.0. The molecule has 35 nitrogen and oxygen atoms in total. The fraction of sp³-hybridized carbons (Fsp3) is 0.427. The molecule has 0 spiro atoms. The summed E-state index contributed by atoms with van der Waals surface area (Å²) < 4.78 is 55.5. The number of amides is 7. The molecule has 788 valence electrons. The van der Waals surface area contributed by atoms with Gasteiger partial charge in [-0.2, -0.15) is 108 Å². The molecule has 14 N–H and O–H groups in total. The van der Waals surface area contributed by atoms with Crippen molar-refractivity contribution in [3.8, 4) is 46.0 Å². The zero-order chi connectivity index (χ0) is 97.4. The lowest BCUT2D eigenvalue weighted by Crippen LogP contribution is -2.42. The highest BCUT2D eigenvalue weighted by atomic mass is 32.2. The molecule has 4 saturated carbocycles. The second-order valence-corrected chi connectivity index (χ2v) is 41.6. The lowest BCUT2D eigenvalue weighted by molar-refractivity contribution is 0.0480. The molecular weight excluding hydrogens is 2090 g/mol. The van der Waals surface area contributed by atoms with Crippen LogP contribution in [-0.4, -0.2) is 186 Å². The average molecular weight is 2230 g/mol. The van der Waals surface area contributed by atoms with Gasteiger partial charge < -0.3 is 97.8 Å². The second-order valence-electron chi connectivity index (χ2n) is 35.9. The van der Waals surface area contributed by atoms with Crippen molar-refractivity contribution in [2.24, 2.45) is 11.5 Å². The predicted octanol–water partition coefficient (Wildman–Crippen LogP) is 19.0. The highest BCUT2D eigenvalue weighted by Crippen LogP contribution is 2.39. The molecule has 0 aliphatic heterocycles. The molecule has 4 aliphatic carbocycles. The van der Waals surface area contributed by atoms with Crippen LogP contribution in [0.3, 0.4) is 0 Å². The van der Waals surface area contributed by atoms with Crippen LogP contribution in [-0.2, 0) is 25.0 Å². The number of nitrogens with two attached hydrogens (primary N) is 2. The van der Waals surface area contributed by atoms with Crippen LogP contribution in [0, 0.1) is 0 Å². The molecule has 16 rings (SSSR count). The molecule has 8 heterocycles. The number of carbonyl (C=O) groups is 7. The van der Waals surface area contributed by atoms with E-state index in [9.17, 15) is 37.8 Å². The van der Waals surface area contributed by atoms with E-state index in [1.807, 2.05) is 129 Å². The largest absolute Gasteiger partial charge is 0.457 e. The maximum Gasteiger partial charge on any atom is 0.407 e. The third-order valence-corrected chi connectivity index (χ3v) is 26.7. The Bertz CT molecular complexity index is 5970. The van der Waals surface area contributed by atoms with Crippen LogP contribution >= 0.6 is 153 Å². The summed E-state index contributed by atoms with van der Waals surface area (Å²) in [6.45, 7) is 16.8. The summed E-state index contributed by atoms with van der Waals surface area (Å²) in [5, 5.41) is 32.3. The molecule has 48 heteroatoms. The van der Waals surface area contributed by atoms with Crippen LogP contribution in [0.15, 0.2) is 150 Å². The van der Waals surface area contributed by atoms with Crippen molar-refractivity contribution in [3.63, 3.8) is 0 Å². The molecule has 4 fully saturated rings. The van der Waals surface area contributed by atoms with Gasteiger partial charge in [-0.15, -0.1) is 11.3 Å². The molecule has 4 aliphatic rings. The number of nitrogens with zero attached hydrogens (tertiary/aromatic N) is 8. The van der Waals surface area contributed by atoms with E-state index in [2.05, 4.69) is 83.1 Å². The monoisotopic (exact) mass is 2220 g/mol. The Labute approximate surface area is 913 Å². The number of benzene rings is 4. The minimum Gasteiger partial charge on any atom is -0.457 e. The highest BCUT2D eigenvalue weighted by Gasteiger charge is 2.30. The first-order valence-electron chi connectivity index (χ1n) is 45.1. The van der Waals surface area contributed by atoms with E-state index < -0.39 is 27.6 Å². The molecule has 1 atom stereocenters. The van der Waals surface area contributed by atoms with Crippen LogP contribution in [0.2, 0.25) is 0 Å². The molecule has 7 amide bonds. The SMILES string of the molecule is CC(C)(C)OC(=O)NC1CCC(N)CC1.CNC(=O)c1cc(Oc2ccc3nc(NC4CCC(N)CC4)sc3c2)ccn1.CNC(=O)c1cc(Oc2ccc3nc(NC4CCC(NC(=O)OC(C)(C)C)CC4)sc3c2)ccn1.CNC(=O)c1cc(Oc2ccc3nc(NC4CCC(NC(=O)OC(C)(C)C)CC4)sc3c2)ccn1.CNC(=O)c1cc(Oc2ccc3nc(S(C)=O)sc3c2)ccn1.S.S.S.S.S.S.S.S. The quantitative estimate of drug-likeness (QED) is 0.0280. The number of ether oxygens (including phenoxy) is 7. The predicted molar refractivity (Wildman–Crippen MR) is 616 cm³/mol. The van der Waals surface area contributed by atoms with Gasteiger partial charge in [-0.25, -0.2) is 34.3 Å². The summed E-state index contributed by atoms with van der Waals surface area (Å²) >= 11 is 6.15. The summed E-state index contributed by atoms with van der Waals surface area (Å²) in [7, 11) is 5.14. The fourth-order valence-electron chi connectivity index (χ4n) is 14.9. The number of aromatic nitrogens is 8. The smallest absolute Gasteiger partial charge is 0.407 e. The Hall–Kier alpha value is -9.80. The number of anilines is 3. The van der Waals surface area contributed by atoms with E-state index in [0.29, 0.717) is 97.6 Å². The van der Waals surface area contributed by atoms with Gasteiger partial charge in [0.25, 0.3) is 23.6 Å². The summed E-state index contributed by atoms with van der Waals surface area (Å²) in [6, 6.07) is 38.1. The summed E-state index contributed by atoms with van der Waals surface area (Å²) in [5.41, 5.74) is 15.1. The number of fused-ring (bicyclic) bond motifs is 4. The molecule has 4 aromatic carbocycles. The number of hydrogen-bond donors (Lipinski definition) is 12. The van der Waals surface area contributed by atoms with E-state index in [0.717, 1.165) is 159 Å². The summed E-state index contributed by atoms with van der Waals surface area (Å²) in [6.07, 6.45) is 22.3. The number of carbonyl (C=O) groups excluding carboxylic acids is 7. The zero-order valence-electron chi connectivity index (χ0n) is 82.7. The Kier molecular flexibility index (Phi) is 52.6. The third kappa shape index (κ3) is 40.4. The van der Waals surface area contributed by atoms with Crippen molar-refractivity contribution >= 4 is 262 Å². The number of hydrogen-bond acceptors (Lipinski definition) is 32. The van der Waals surface area contributed by atoms with Crippen molar-refractivity contribution in [2.45, 2.75) is 235 Å². The molecule has 0 bridgehead atoms. The van der Waals surface area contributed by atoms with Gasteiger partial charge in [-0.05, 0) is 238 Å². The summed E-state index contributed by atoms with van der Waals surface area (Å²) in [4.78, 5) is 117. The standard InChI is InChI=1S/2C25H31N5O4S.C20H23N5O2S.C15H13N3O3S2.C11H22N2O2.8H2S/c2*1-25(2,3)34-24(32)29-16-7-5-15(6-8-16)28-23-30-19-10-9-17(14-21(19)35-23)33-18-11-12-27-20(13-18)22(31)26-4;1-22-19(26)17-10-15(8-9-23-17)27-14-6-7-16-18(11-14)28-20(25-16)24-13-4-2-12(21)3-5-13;1-16-14(19)12-7-10(5-6-17-12)21-9-3-4-11-13(8-9)22-15(18-11)23(2)20;1-11(2,3)15-10(14)13-9-6-4-8(12)5-7-9;;;;;;;;/h2*9-16H,5-8H2,1-4H3,(H,26,31)(H,28,30)(H,29,32);6-13H,2-5,21H2,1H3,(H,22,26)(H,24,25);3-8H,1-2H3,(H,16,19);8-9H,4-7,12H2,1-3H3,(H,13,14);8*1H2. The number of pyridine rings is 4.